The molecule has 1 amide bonds. The van der Waals surface area contributed by atoms with Gasteiger partial charge in [0.25, 0.3) is 11.7 Å². The molecule has 0 radical (unpaired) electrons. The topological polar surface area (TPSA) is 55.2 Å². The lowest BCUT2D eigenvalue weighted by Gasteiger charge is -2.24. The monoisotopic (exact) mass is 373 g/mol. The number of rotatable bonds is 4. The first kappa shape index (κ1) is 18.2. The van der Waals surface area contributed by atoms with Crippen LogP contribution < -0.4 is 0 Å². The summed E-state index contributed by atoms with van der Waals surface area (Å²) in [6.07, 6.45) is 1.78. The van der Waals surface area contributed by atoms with Crippen LogP contribution in [0.4, 0.5) is 0 Å². The summed E-state index contributed by atoms with van der Waals surface area (Å²) in [5.41, 5.74) is 3.63. The summed E-state index contributed by atoms with van der Waals surface area (Å²) >= 11 is 0. The molecule has 1 aliphatic heterocycles. The molecule has 0 bridgehead atoms. The summed E-state index contributed by atoms with van der Waals surface area (Å²) in [7, 11) is 0. The second-order valence-corrected chi connectivity index (χ2v) is 7.19. The van der Waals surface area contributed by atoms with E-state index >= 15 is 0 Å². The first-order valence-electron chi connectivity index (χ1n) is 9.60. The van der Waals surface area contributed by atoms with Crippen LogP contribution in [0.15, 0.2) is 60.7 Å². The maximum Gasteiger partial charge on any atom is 0.295 e. The number of carbonyl (C=O) groups excluding carboxylic acids is 2. The van der Waals surface area contributed by atoms with Crippen LogP contribution >= 0.6 is 0 Å². The third-order valence-electron chi connectivity index (χ3n) is 5.41. The summed E-state index contributed by atoms with van der Waals surface area (Å²) in [5, 5.41) is 4.51. The fraction of sp³-hybridized carbons (Fsp3) is 0.261. The van der Waals surface area contributed by atoms with E-state index in [0.29, 0.717) is 23.5 Å². The number of benzene rings is 2. The highest BCUT2D eigenvalue weighted by molar-refractivity contribution is 6.43. The Labute approximate surface area is 164 Å². The van der Waals surface area contributed by atoms with Crippen LogP contribution in [0, 0.1) is 13.8 Å². The number of hydrogen-bond donors (Lipinski definition) is 0. The lowest BCUT2D eigenvalue weighted by atomic mass is 10.0. The summed E-state index contributed by atoms with van der Waals surface area (Å²) in [5.74, 6) is -0.912. The normalized spacial score (nSPS) is 16.4. The Balaban J connectivity index is 1.65. The highest BCUT2D eigenvalue weighted by Crippen LogP contribution is 2.32. The minimum absolute atomic E-state index is 0.0394. The molecule has 1 atom stereocenters. The third kappa shape index (κ3) is 3.13. The molecule has 1 aromatic heterocycles. The zero-order valence-corrected chi connectivity index (χ0v) is 16.1. The van der Waals surface area contributed by atoms with Crippen molar-refractivity contribution in [2.75, 3.05) is 6.54 Å². The van der Waals surface area contributed by atoms with E-state index in [-0.39, 0.29) is 6.04 Å². The zero-order valence-electron chi connectivity index (χ0n) is 16.1. The van der Waals surface area contributed by atoms with E-state index in [4.69, 9.17) is 0 Å². The summed E-state index contributed by atoms with van der Waals surface area (Å²) in [6.45, 7) is 4.23. The van der Waals surface area contributed by atoms with Crippen molar-refractivity contribution in [3.05, 3.63) is 83.2 Å². The minimum atomic E-state index is -0.472. The van der Waals surface area contributed by atoms with Crippen molar-refractivity contribution in [2.45, 2.75) is 32.7 Å². The highest BCUT2D eigenvalue weighted by Gasteiger charge is 2.35. The fourth-order valence-corrected chi connectivity index (χ4v) is 4.06. The maximum atomic E-state index is 13.2. The van der Waals surface area contributed by atoms with Crippen molar-refractivity contribution < 1.29 is 9.59 Å². The van der Waals surface area contributed by atoms with Crippen LogP contribution in [-0.2, 0) is 4.79 Å². The van der Waals surface area contributed by atoms with E-state index < -0.39 is 11.7 Å². The Hall–Kier alpha value is -3.21. The Morgan fingerprint density at radius 3 is 2.29 bits per heavy atom. The average Bonchev–Trinajstić information content (AvgIpc) is 3.33. The number of para-hydroxylation sites is 1. The van der Waals surface area contributed by atoms with E-state index in [0.717, 1.165) is 24.1 Å². The summed E-state index contributed by atoms with van der Waals surface area (Å²) < 4.78 is 1.73. The smallest absolute Gasteiger partial charge is 0.295 e. The molecule has 1 fully saturated rings. The molecular formula is C23H23N3O2. The fourth-order valence-electron chi connectivity index (χ4n) is 4.06. The van der Waals surface area contributed by atoms with Crippen molar-refractivity contribution in [1.29, 1.82) is 0 Å². The molecule has 0 saturated carbocycles. The van der Waals surface area contributed by atoms with E-state index in [1.54, 1.807) is 16.5 Å². The van der Waals surface area contributed by atoms with Gasteiger partial charge in [0.1, 0.15) is 0 Å². The molecule has 1 saturated heterocycles. The molecular weight excluding hydrogens is 350 g/mol. The Morgan fingerprint density at radius 2 is 1.61 bits per heavy atom. The molecule has 28 heavy (non-hydrogen) atoms. The van der Waals surface area contributed by atoms with Crippen molar-refractivity contribution in [3.8, 4) is 5.69 Å². The van der Waals surface area contributed by atoms with Gasteiger partial charge in [-0.3, -0.25) is 9.59 Å². The molecule has 5 heteroatoms. The molecule has 0 N–H and O–H groups in total. The van der Waals surface area contributed by atoms with Crippen molar-refractivity contribution >= 4 is 11.7 Å². The largest absolute Gasteiger partial charge is 0.329 e. The Kier molecular flexibility index (Phi) is 4.82. The van der Waals surface area contributed by atoms with Gasteiger partial charge in [-0.15, -0.1) is 0 Å². The van der Waals surface area contributed by atoms with Gasteiger partial charge in [-0.25, -0.2) is 4.68 Å². The molecule has 5 nitrogen and oxygen atoms in total. The third-order valence-corrected chi connectivity index (χ3v) is 5.41. The summed E-state index contributed by atoms with van der Waals surface area (Å²) in [6, 6.07) is 19.5. The minimum Gasteiger partial charge on any atom is -0.329 e. The van der Waals surface area contributed by atoms with Gasteiger partial charge >= 0.3 is 0 Å². The number of hydrogen-bond acceptors (Lipinski definition) is 3. The van der Waals surface area contributed by atoms with Crippen molar-refractivity contribution in [2.24, 2.45) is 0 Å². The van der Waals surface area contributed by atoms with Crippen LogP contribution in [0.5, 0.6) is 0 Å². The van der Waals surface area contributed by atoms with E-state index in [2.05, 4.69) is 5.10 Å². The van der Waals surface area contributed by atoms with Crippen LogP contribution in [0.1, 0.15) is 46.2 Å². The Morgan fingerprint density at radius 1 is 0.964 bits per heavy atom. The number of ketones is 1. The molecule has 0 spiro atoms. The predicted octanol–water partition coefficient (Wildman–Crippen LogP) is 4.04. The predicted molar refractivity (Wildman–Crippen MR) is 107 cm³/mol. The van der Waals surface area contributed by atoms with Gasteiger partial charge in [-0.05, 0) is 44.4 Å². The van der Waals surface area contributed by atoms with Gasteiger partial charge < -0.3 is 4.90 Å². The van der Waals surface area contributed by atoms with Gasteiger partial charge in [0, 0.05) is 6.54 Å². The van der Waals surface area contributed by atoms with Gasteiger partial charge in [-0.2, -0.15) is 5.10 Å². The highest BCUT2D eigenvalue weighted by atomic mass is 16.2. The maximum absolute atomic E-state index is 13.2. The number of carbonyl (C=O) groups is 2. The van der Waals surface area contributed by atoms with E-state index in [1.165, 1.54) is 0 Å². The molecule has 2 aromatic carbocycles. The Bertz CT molecular complexity index is 1010. The first-order valence-corrected chi connectivity index (χ1v) is 9.60. The molecule has 1 unspecified atom stereocenters. The lowest BCUT2D eigenvalue weighted by molar-refractivity contribution is -0.127. The SMILES string of the molecule is Cc1nn(-c2ccccc2)c(C)c1C(=O)C(=O)N1CCCC1c1ccccc1. The average molecular weight is 373 g/mol. The van der Waals surface area contributed by atoms with Crippen LogP contribution in [-0.4, -0.2) is 32.9 Å². The lowest BCUT2D eigenvalue weighted by Crippen LogP contribution is -2.36. The zero-order chi connectivity index (χ0) is 19.7. The van der Waals surface area contributed by atoms with Crippen molar-refractivity contribution in [3.63, 3.8) is 0 Å². The molecule has 2 heterocycles. The molecule has 0 aliphatic carbocycles. The molecule has 1 aliphatic rings. The molecule has 142 valence electrons. The molecule has 4 rings (SSSR count). The number of likely N-dealkylation sites (tertiary alicyclic amines) is 1. The number of nitrogens with zero attached hydrogens (tertiary/aromatic N) is 3. The van der Waals surface area contributed by atoms with Gasteiger partial charge in [0.15, 0.2) is 0 Å². The number of Topliss-reactive ketones (excluding diaryl/α,β-unsaturated/α-hetero) is 1. The second-order valence-electron chi connectivity index (χ2n) is 7.19. The quantitative estimate of drug-likeness (QED) is 0.512. The van der Waals surface area contributed by atoms with Crippen LogP contribution in [0.2, 0.25) is 0 Å². The van der Waals surface area contributed by atoms with Gasteiger partial charge in [0.2, 0.25) is 0 Å². The van der Waals surface area contributed by atoms with Gasteiger partial charge in [-0.1, -0.05) is 48.5 Å². The second kappa shape index (κ2) is 7.43. The number of aromatic nitrogens is 2. The summed E-state index contributed by atoms with van der Waals surface area (Å²) in [4.78, 5) is 28.0. The van der Waals surface area contributed by atoms with E-state index in [1.807, 2.05) is 67.6 Å². The molecule has 3 aromatic rings. The van der Waals surface area contributed by atoms with Crippen molar-refractivity contribution in [1.82, 2.24) is 14.7 Å². The first-order chi connectivity index (χ1) is 13.6. The number of aryl methyl sites for hydroxylation is 1. The van der Waals surface area contributed by atoms with Crippen LogP contribution in [0.25, 0.3) is 5.69 Å². The van der Waals surface area contributed by atoms with E-state index in [9.17, 15) is 9.59 Å². The number of amides is 1. The van der Waals surface area contributed by atoms with Crippen LogP contribution in [0.3, 0.4) is 0 Å². The van der Waals surface area contributed by atoms with Gasteiger partial charge in [0.05, 0.1) is 28.7 Å². The standard InChI is InChI=1S/C23H23N3O2/c1-16-21(17(2)26(24-16)19-12-7-4-8-13-19)22(27)23(28)25-15-9-14-20(25)18-10-5-3-6-11-18/h3-8,10-13,20H,9,14-15H2,1-2H3.